The van der Waals surface area contributed by atoms with E-state index in [-0.39, 0.29) is 23.2 Å². The molecule has 0 atom stereocenters. The first-order chi connectivity index (χ1) is 7.50. The SMILES string of the molecule is CN1C(=O)COc2c(Cl)cc([N+](=O)[O-])cc21. The summed E-state index contributed by atoms with van der Waals surface area (Å²) < 4.78 is 5.13. The molecular formula is C9H7ClN2O4. The van der Waals surface area contributed by atoms with E-state index in [1.165, 1.54) is 24.1 Å². The van der Waals surface area contributed by atoms with Gasteiger partial charge in [-0.15, -0.1) is 0 Å². The Kier molecular flexibility index (Phi) is 2.43. The summed E-state index contributed by atoms with van der Waals surface area (Å²) in [6.07, 6.45) is 0. The van der Waals surface area contributed by atoms with Gasteiger partial charge in [0.05, 0.1) is 15.6 Å². The molecule has 1 aliphatic heterocycles. The summed E-state index contributed by atoms with van der Waals surface area (Å²) in [5.74, 6) is 0.0263. The summed E-state index contributed by atoms with van der Waals surface area (Å²) in [5.41, 5.74) is 0.143. The first-order valence-electron chi connectivity index (χ1n) is 4.38. The van der Waals surface area contributed by atoms with Crippen LogP contribution in [0.1, 0.15) is 0 Å². The number of ether oxygens (including phenoxy) is 1. The molecule has 0 aliphatic carbocycles. The summed E-state index contributed by atoms with van der Waals surface area (Å²) >= 11 is 5.84. The fraction of sp³-hybridized carbons (Fsp3) is 0.222. The third kappa shape index (κ3) is 1.57. The predicted octanol–water partition coefficient (Wildman–Crippen LogP) is 1.60. The van der Waals surface area contributed by atoms with Gasteiger partial charge in [-0.25, -0.2) is 0 Å². The minimum atomic E-state index is -0.570. The van der Waals surface area contributed by atoms with Crippen LogP contribution in [0.5, 0.6) is 5.75 Å². The lowest BCUT2D eigenvalue weighted by atomic mass is 10.2. The molecule has 0 unspecified atom stereocenters. The van der Waals surface area contributed by atoms with Gasteiger partial charge in [-0.3, -0.25) is 14.9 Å². The van der Waals surface area contributed by atoms with Crippen LogP contribution in [0.4, 0.5) is 11.4 Å². The van der Waals surface area contributed by atoms with Crippen LogP contribution in [0.15, 0.2) is 12.1 Å². The van der Waals surface area contributed by atoms with Gasteiger partial charge in [0.25, 0.3) is 11.6 Å². The highest BCUT2D eigenvalue weighted by Crippen LogP contribution is 2.40. The number of hydrogen-bond donors (Lipinski definition) is 0. The molecule has 0 saturated heterocycles. The van der Waals surface area contributed by atoms with Gasteiger partial charge in [0, 0.05) is 19.2 Å². The maximum atomic E-state index is 11.3. The number of likely N-dealkylation sites (N-methyl/N-ethyl adjacent to an activating group) is 1. The fourth-order valence-corrected chi connectivity index (χ4v) is 1.69. The Hall–Kier alpha value is -1.82. The molecular weight excluding hydrogens is 236 g/mol. The molecule has 0 spiro atoms. The van der Waals surface area contributed by atoms with Gasteiger partial charge in [0.2, 0.25) is 0 Å². The number of nitro groups is 1. The highest BCUT2D eigenvalue weighted by Gasteiger charge is 2.27. The molecule has 2 rings (SSSR count). The molecule has 0 radical (unpaired) electrons. The van der Waals surface area contributed by atoms with Gasteiger partial charge >= 0.3 is 0 Å². The Morgan fingerprint density at radius 3 is 2.88 bits per heavy atom. The van der Waals surface area contributed by atoms with E-state index in [4.69, 9.17) is 16.3 Å². The summed E-state index contributed by atoms with van der Waals surface area (Å²) in [5, 5.41) is 10.8. The monoisotopic (exact) mass is 242 g/mol. The highest BCUT2D eigenvalue weighted by molar-refractivity contribution is 6.33. The third-order valence-corrected chi connectivity index (χ3v) is 2.58. The van der Waals surface area contributed by atoms with Crippen molar-refractivity contribution in [3.05, 3.63) is 27.3 Å². The van der Waals surface area contributed by atoms with Crippen molar-refractivity contribution in [2.24, 2.45) is 0 Å². The molecule has 0 N–H and O–H groups in total. The van der Waals surface area contributed by atoms with E-state index >= 15 is 0 Å². The molecule has 1 aromatic carbocycles. The lowest BCUT2D eigenvalue weighted by molar-refractivity contribution is -0.384. The van der Waals surface area contributed by atoms with Crippen molar-refractivity contribution in [1.82, 2.24) is 0 Å². The molecule has 0 saturated carbocycles. The van der Waals surface area contributed by atoms with Crippen LogP contribution in [0.2, 0.25) is 5.02 Å². The fourth-order valence-electron chi connectivity index (χ4n) is 1.43. The minimum absolute atomic E-state index is 0.110. The standard InChI is InChI=1S/C9H7ClN2O4/c1-11-7-3-5(12(14)15)2-6(10)9(7)16-4-8(11)13/h2-3H,4H2,1H3. The van der Waals surface area contributed by atoms with Crippen LogP contribution in [-0.4, -0.2) is 24.5 Å². The first kappa shape index (κ1) is 10.7. The van der Waals surface area contributed by atoms with Crippen molar-refractivity contribution in [3.8, 4) is 5.75 Å². The smallest absolute Gasteiger partial charge is 0.273 e. The molecule has 1 amide bonds. The zero-order valence-corrected chi connectivity index (χ0v) is 9.02. The second kappa shape index (κ2) is 3.64. The number of hydrogen-bond acceptors (Lipinski definition) is 4. The molecule has 0 bridgehead atoms. The molecule has 7 heteroatoms. The van der Waals surface area contributed by atoms with Gasteiger partial charge in [0.1, 0.15) is 0 Å². The predicted molar refractivity (Wildman–Crippen MR) is 57.0 cm³/mol. The average molecular weight is 243 g/mol. The number of non-ortho nitro benzene ring substituents is 1. The number of nitrogens with zero attached hydrogens (tertiary/aromatic N) is 2. The van der Waals surface area contributed by atoms with Crippen LogP contribution in [0, 0.1) is 10.1 Å². The molecule has 6 nitrogen and oxygen atoms in total. The van der Waals surface area contributed by atoms with E-state index in [0.717, 1.165) is 0 Å². The van der Waals surface area contributed by atoms with Gasteiger partial charge in [-0.1, -0.05) is 11.6 Å². The second-order valence-electron chi connectivity index (χ2n) is 3.27. The Balaban J connectivity index is 2.60. The molecule has 16 heavy (non-hydrogen) atoms. The number of halogens is 1. The Labute approximate surface area is 95.5 Å². The molecule has 0 fully saturated rings. The summed E-state index contributed by atoms with van der Waals surface area (Å²) in [4.78, 5) is 22.7. The average Bonchev–Trinajstić information content (AvgIpc) is 2.23. The first-order valence-corrected chi connectivity index (χ1v) is 4.76. The number of nitro benzene ring substituents is 1. The van der Waals surface area contributed by atoms with Crippen LogP contribution >= 0.6 is 11.6 Å². The number of fused-ring (bicyclic) bond motifs is 1. The molecule has 84 valence electrons. The van der Waals surface area contributed by atoms with Crippen molar-refractivity contribution in [3.63, 3.8) is 0 Å². The highest BCUT2D eigenvalue weighted by atomic mass is 35.5. The quantitative estimate of drug-likeness (QED) is 0.554. The number of carbonyl (C=O) groups excluding carboxylic acids is 1. The number of benzene rings is 1. The third-order valence-electron chi connectivity index (χ3n) is 2.30. The van der Waals surface area contributed by atoms with Crippen molar-refractivity contribution in [2.45, 2.75) is 0 Å². The Morgan fingerprint density at radius 2 is 2.25 bits per heavy atom. The molecule has 1 heterocycles. The maximum absolute atomic E-state index is 11.3. The Bertz CT molecular complexity index is 489. The van der Waals surface area contributed by atoms with Crippen molar-refractivity contribution in [2.75, 3.05) is 18.6 Å². The van der Waals surface area contributed by atoms with Gasteiger partial charge in [-0.05, 0) is 0 Å². The van der Waals surface area contributed by atoms with Gasteiger partial charge in [-0.2, -0.15) is 0 Å². The number of rotatable bonds is 1. The lowest BCUT2D eigenvalue weighted by Gasteiger charge is -2.26. The van der Waals surface area contributed by atoms with E-state index in [9.17, 15) is 14.9 Å². The molecule has 0 aromatic heterocycles. The van der Waals surface area contributed by atoms with Crippen LogP contribution < -0.4 is 9.64 Å². The lowest BCUT2D eigenvalue weighted by Crippen LogP contribution is -2.35. The zero-order valence-electron chi connectivity index (χ0n) is 8.27. The molecule has 1 aromatic rings. The second-order valence-corrected chi connectivity index (χ2v) is 3.68. The van der Waals surface area contributed by atoms with Crippen molar-refractivity contribution < 1.29 is 14.5 Å². The van der Waals surface area contributed by atoms with E-state index in [1.54, 1.807) is 0 Å². The largest absolute Gasteiger partial charge is 0.480 e. The molecule has 1 aliphatic rings. The van der Waals surface area contributed by atoms with Gasteiger partial charge < -0.3 is 9.64 Å². The Morgan fingerprint density at radius 1 is 1.56 bits per heavy atom. The zero-order chi connectivity index (χ0) is 11.9. The normalized spacial score (nSPS) is 14.4. The van der Waals surface area contributed by atoms with Crippen LogP contribution in [0.3, 0.4) is 0 Å². The number of amides is 1. The van der Waals surface area contributed by atoms with Crippen LogP contribution in [-0.2, 0) is 4.79 Å². The van der Waals surface area contributed by atoms with Gasteiger partial charge in [0.15, 0.2) is 12.4 Å². The number of carbonyl (C=O) groups is 1. The van der Waals surface area contributed by atoms with Crippen LogP contribution in [0.25, 0.3) is 0 Å². The minimum Gasteiger partial charge on any atom is -0.480 e. The van der Waals surface area contributed by atoms with Crippen molar-refractivity contribution in [1.29, 1.82) is 0 Å². The van der Waals surface area contributed by atoms with E-state index in [1.807, 2.05) is 0 Å². The number of anilines is 1. The topological polar surface area (TPSA) is 72.7 Å². The summed E-state index contributed by atoms with van der Waals surface area (Å²) in [6, 6.07) is 2.46. The van der Waals surface area contributed by atoms with E-state index < -0.39 is 4.92 Å². The summed E-state index contributed by atoms with van der Waals surface area (Å²) in [6.45, 7) is -0.110. The summed E-state index contributed by atoms with van der Waals surface area (Å²) in [7, 11) is 1.52. The van der Waals surface area contributed by atoms with E-state index in [2.05, 4.69) is 0 Å². The van der Waals surface area contributed by atoms with Crippen molar-refractivity contribution >= 4 is 28.9 Å². The maximum Gasteiger partial charge on any atom is 0.273 e. The van der Waals surface area contributed by atoms with E-state index in [0.29, 0.717) is 11.4 Å².